The molecule has 3 rings (SSSR count). The summed E-state index contributed by atoms with van der Waals surface area (Å²) in [7, 11) is 0. The molecule has 0 bridgehead atoms. The van der Waals surface area contributed by atoms with E-state index >= 15 is 0 Å². The third-order valence-electron chi connectivity index (χ3n) is 3.08. The van der Waals surface area contributed by atoms with Crippen molar-refractivity contribution in [3.63, 3.8) is 0 Å². The quantitative estimate of drug-likeness (QED) is 0.885. The fourth-order valence-corrected chi connectivity index (χ4v) is 2.08. The number of H-pyrrole nitrogens is 1. The topological polar surface area (TPSA) is 57.4 Å². The molecule has 5 nitrogen and oxygen atoms in total. The standard InChI is InChI=1S/C14H15N3O2/c18-14-17(6-7-19-14)13-3-1-2-12(8-13)16-10-11-4-5-15-9-11/h1-5,8-9,15-16H,6-7,10H2. The van der Waals surface area contributed by atoms with E-state index < -0.39 is 0 Å². The maximum absolute atomic E-state index is 11.5. The summed E-state index contributed by atoms with van der Waals surface area (Å²) in [5.41, 5.74) is 3.03. The van der Waals surface area contributed by atoms with Crippen LogP contribution in [0.25, 0.3) is 0 Å². The van der Waals surface area contributed by atoms with Gasteiger partial charge in [-0.2, -0.15) is 0 Å². The van der Waals surface area contributed by atoms with Crippen molar-refractivity contribution in [3.05, 3.63) is 48.3 Å². The molecule has 1 fully saturated rings. The molecule has 1 aliphatic heterocycles. The summed E-state index contributed by atoms with van der Waals surface area (Å²) in [6, 6.07) is 9.81. The maximum atomic E-state index is 11.5. The highest BCUT2D eigenvalue weighted by atomic mass is 16.6. The normalized spacial score (nSPS) is 14.5. The van der Waals surface area contributed by atoms with Gasteiger partial charge in [0.1, 0.15) is 6.61 Å². The summed E-state index contributed by atoms with van der Waals surface area (Å²) in [4.78, 5) is 16.2. The Morgan fingerprint density at radius 3 is 3.05 bits per heavy atom. The average molecular weight is 257 g/mol. The molecule has 0 unspecified atom stereocenters. The zero-order valence-electron chi connectivity index (χ0n) is 10.4. The first-order valence-corrected chi connectivity index (χ1v) is 6.23. The van der Waals surface area contributed by atoms with Crippen LogP contribution in [0.2, 0.25) is 0 Å². The molecule has 1 aliphatic rings. The zero-order chi connectivity index (χ0) is 13.1. The van der Waals surface area contributed by atoms with Crippen molar-refractivity contribution >= 4 is 17.5 Å². The number of hydrogen-bond donors (Lipinski definition) is 2. The largest absolute Gasteiger partial charge is 0.447 e. The van der Waals surface area contributed by atoms with Crippen molar-refractivity contribution in [2.75, 3.05) is 23.4 Å². The predicted molar refractivity (Wildman–Crippen MR) is 73.3 cm³/mol. The van der Waals surface area contributed by atoms with Gasteiger partial charge in [0.2, 0.25) is 0 Å². The van der Waals surface area contributed by atoms with Crippen molar-refractivity contribution in [1.82, 2.24) is 4.98 Å². The lowest BCUT2D eigenvalue weighted by Gasteiger charge is -2.14. The van der Waals surface area contributed by atoms with Crippen LogP contribution in [0.3, 0.4) is 0 Å². The molecule has 2 aromatic rings. The Morgan fingerprint density at radius 2 is 2.32 bits per heavy atom. The number of nitrogens with zero attached hydrogens (tertiary/aromatic N) is 1. The van der Waals surface area contributed by atoms with Crippen LogP contribution in [0.1, 0.15) is 5.56 Å². The van der Waals surface area contributed by atoms with Crippen molar-refractivity contribution < 1.29 is 9.53 Å². The van der Waals surface area contributed by atoms with Crippen LogP contribution in [-0.2, 0) is 11.3 Å². The molecular formula is C14H15N3O2. The number of carbonyl (C=O) groups is 1. The minimum Gasteiger partial charge on any atom is -0.447 e. The Balaban J connectivity index is 1.71. The molecule has 1 aromatic heterocycles. The molecule has 1 amide bonds. The number of amides is 1. The minimum absolute atomic E-state index is 0.275. The molecule has 19 heavy (non-hydrogen) atoms. The van der Waals surface area contributed by atoms with Crippen LogP contribution in [0.15, 0.2) is 42.7 Å². The fraction of sp³-hybridized carbons (Fsp3) is 0.214. The number of cyclic esters (lactones) is 1. The fourth-order valence-electron chi connectivity index (χ4n) is 2.08. The second-order valence-corrected chi connectivity index (χ2v) is 4.39. The molecule has 0 saturated carbocycles. The zero-order valence-corrected chi connectivity index (χ0v) is 10.4. The van der Waals surface area contributed by atoms with Crippen LogP contribution in [-0.4, -0.2) is 24.2 Å². The lowest BCUT2D eigenvalue weighted by Crippen LogP contribution is -2.23. The summed E-state index contributed by atoms with van der Waals surface area (Å²) in [5.74, 6) is 0. The summed E-state index contributed by atoms with van der Waals surface area (Å²) in [6.45, 7) is 1.82. The Bertz CT molecular complexity index is 566. The van der Waals surface area contributed by atoms with Gasteiger partial charge in [0.25, 0.3) is 0 Å². The molecular weight excluding hydrogens is 242 g/mol. The van der Waals surface area contributed by atoms with Crippen LogP contribution >= 0.6 is 0 Å². The van der Waals surface area contributed by atoms with Crippen LogP contribution in [0, 0.1) is 0 Å². The van der Waals surface area contributed by atoms with Gasteiger partial charge in [0.05, 0.1) is 6.54 Å². The molecule has 2 heterocycles. The van der Waals surface area contributed by atoms with Gasteiger partial charge in [-0.25, -0.2) is 4.79 Å². The SMILES string of the molecule is O=C1OCCN1c1cccc(NCc2cc[nH]c2)c1. The van der Waals surface area contributed by atoms with Crippen molar-refractivity contribution in [2.24, 2.45) is 0 Å². The van der Waals surface area contributed by atoms with E-state index in [0.717, 1.165) is 17.9 Å². The van der Waals surface area contributed by atoms with Gasteiger partial charge in [0, 0.05) is 30.3 Å². The molecule has 2 N–H and O–H groups in total. The minimum atomic E-state index is -0.275. The van der Waals surface area contributed by atoms with E-state index in [0.29, 0.717) is 13.2 Å². The highest BCUT2D eigenvalue weighted by Crippen LogP contribution is 2.22. The van der Waals surface area contributed by atoms with Gasteiger partial charge in [-0.1, -0.05) is 6.07 Å². The second-order valence-electron chi connectivity index (χ2n) is 4.39. The molecule has 1 aromatic carbocycles. The number of aromatic nitrogens is 1. The molecule has 0 aliphatic carbocycles. The summed E-state index contributed by atoms with van der Waals surface area (Å²) < 4.78 is 4.94. The number of benzene rings is 1. The first-order chi connectivity index (χ1) is 9.33. The van der Waals surface area contributed by atoms with E-state index in [-0.39, 0.29) is 6.09 Å². The third-order valence-corrected chi connectivity index (χ3v) is 3.08. The van der Waals surface area contributed by atoms with E-state index in [1.165, 1.54) is 5.56 Å². The lowest BCUT2D eigenvalue weighted by molar-refractivity contribution is 0.181. The first-order valence-electron chi connectivity index (χ1n) is 6.23. The lowest BCUT2D eigenvalue weighted by atomic mass is 10.2. The summed E-state index contributed by atoms with van der Waals surface area (Å²) >= 11 is 0. The van der Waals surface area contributed by atoms with Crippen molar-refractivity contribution in [1.29, 1.82) is 0 Å². The van der Waals surface area contributed by atoms with E-state index in [4.69, 9.17) is 4.74 Å². The van der Waals surface area contributed by atoms with E-state index in [9.17, 15) is 4.79 Å². The second kappa shape index (κ2) is 5.06. The molecule has 5 heteroatoms. The summed E-state index contributed by atoms with van der Waals surface area (Å²) in [6.07, 6.45) is 3.57. The van der Waals surface area contributed by atoms with Crippen molar-refractivity contribution in [2.45, 2.75) is 6.54 Å². The average Bonchev–Trinajstić information content (AvgIpc) is 3.08. The van der Waals surface area contributed by atoms with E-state index in [1.54, 1.807) is 4.90 Å². The monoisotopic (exact) mass is 257 g/mol. The number of nitrogens with one attached hydrogen (secondary N) is 2. The summed E-state index contributed by atoms with van der Waals surface area (Å²) in [5, 5.41) is 3.33. The number of anilines is 2. The van der Waals surface area contributed by atoms with E-state index in [1.807, 2.05) is 42.7 Å². The van der Waals surface area contributed by atoms with Gasteiger partial charge < -0.3 is 15.0 Å². The smallest absolute Gasteiger partial charge is 0.414 e. The highest BCUT2D eigenvalue weighted by Gasteiger charge is 2.23. The van der Waals surface area contributed by atoms with E-state index in [2.05, 4.69) is 10.3 Å². The number of ether oxygens (including phenoxy) is 1. The number of hydrogen-bond acceptors (Lipinski definition) is 3. The Kier molecular flexibility index (Phi) is 3.10. The van der Waals surface area contributed by atoms with Crippen LogP contribution in [0.4, 0.5) is 16.2 Å². The highest BCUT2D eigenvalue weighted by molar-refractivity contribution is 5.89. The molecule has 0 spiro atoms. The van der Waals surface area contributed by atoms with Gasteiger partial charge >= 0.3 is 6.09 Å². The first kappa shape index (κ1) is 11.6. The molecule has 1 saturated heterocycles. The Morgan fingerprint density at radius 1 is 1.37 bits per heavy atom. The molecule has 0 atom stereocenters. The molecule has 98 valence electrons. The van der Waals surface area contributed by atoms with Crippen molar-refractivity contribution in [3.8, 4) is 0 Å². The third kappa shape index (κ3) is 2.54. The number of rotatable bonds is 4. The van der Waals surface area contributed by atoms with Gasteiger partial charge in [-0.15, -0.1) is 0 Å². The van der Waals surface area contributed by atoms with Gasteiger partial charge in [-0.3, -0.25) is 4.90 Å². The number of aromatic amines is 1. The van der Waals surface area contributed by atoms with Crippen LogP contribution in [0.5, 0.6) is 0 Å². The van der Waals surface area contributed by atoms with Crippen LogP contribution < -0.4 is 10.2 Å². The van der Waals surface area contributed by atoms with Gasteiger partial charge in [-0.05, 0) is 29.8 Å². The Labute approximate surface area is 111 Å². The number of carbonyl (C=O) groups excluding carboxylic acids is 1. The predicted octanol–water partition coefficient (Wildman–Crippen LogP) is 2.58. The maximum Gasteiger partial charge on any atom is 0.414 e. The Hall–Kier alpha value is -2.43. The van der Waals surface area contributed by atoms with Gasteiger partial charge in [0.15, 0.2) is 0 Å². The molecule has 0 radical (unpaired) electrons.